The zero-order valence-electron chi connectivity index (χ0n) is 12.0. The van der Waals surface area contributed by atoms with E-state index in [0.717, 1.165) is 28.6 Å². The Kier molecular flexibility index (Phi) is 6.81. The van der Waals surface area contributed by atoms with Crippen LogP contribution in [0.15, 0.2) is 35.6 Å². The summed E-state index contributed by atoms with van der Waals surface area (Å²) in [6, 6.07) is 4.06. The first kappa shape index (κ1) is 18.9. The SMILES string of the molecule is CCc1ccc2cnn(C)c2c1NS(=O)c1cn[n-]c1.S.[Pd]. The fraction of sp³-hybridized carbons (Fsp3) is 0.231. The number of fused-ring (bicyclic) bond motifs is 1. The molecule has 3 rings (SSSR count). The first-order chi connectivity index (χ1) is 9.70. The number of hydrogen-bond acceptors (Lipinski definition) is 3. The van der Waals surface area contributed by atoms with Crippen molar-refractivity contribution in [3.63, 3.8) is 0 Å². The molecular weight excluding hydrogens is 413 g/mol. The van der Waals surface area contributed by atoms with E-state index in [0.29, 0.717) is 4.90 Å². The molecule has 1 unspecified atom stereocenters. The van der Waals surface area contributed by atoms with Crippen molar-refractivity contribution in [3.8, 4) is 0 Å². The van der Waals surface area contributed by atoms with Crippen molar-refractivity contribution in [2.75, 3.05) is 4.72 Å². The van der Waals surface area contributed by atoms with E-state index >= 15 is 0 Å². The van der Waals surface area contributed by atoms with E-state index in [1.807, 2.05) is 19.2 Å². The summed E-state index contributed by atoms with van der Waals surface area (Å²) in [7, 11) is 0.497. The Bertz CT molecular complexity index is 772. The molecule has 1 aromatic carbocycles. The maximum absolute atomic E-state index is 12.3. The van der Waals surface area contributed by atoms with Gasteiger partial charge in [0.25, 0.3) is 0 Å². The van der Waals surface area contributed by atoms with Crippen molar-refractivity contribution < 1.29 is 24.6 Å². The van der Waals surface area contributed by atoms with Gasteiger partial charge in [0.05, 0.1) is 22.3 Å². The Morgan fingerprint density at radius 1 is 1.36 bits per heavy atom. The number of aromatic nitrogens is 4. The van der Waals surface area contributed by atoms with Crippen molar-refractivity contribution in [1.29, 1.82) is 0 Å². The van der Waals surface area contributed by atoms with Crippen molar-refractivity contribution in [2.45, 2.75) is 18.2 Å². The summed E-state index contributed by atoms with van der Waals surface area (Å²) in [5.41, 5.74) is 2.90. The van der Waals surface area contributed by atoms with Gasteiger partial charge in [0.15, 0.2) is 0 Å². The number of anilines is 1. The van der Waals surface area contributed by atoms with E-state index in [2.05, 4.69) is 26.9 Å². The van der Waals surface area contributed by atoms with E-state index in [4.69, 9.17) is 0 Å². The molecule has 0 amide bonds. The molecule has 0 aliphatic carbocycles. The summed E-state index contributed by atoms with van der Waals surface area (Å²) in [6.07, 6.45) is 5.64. The van der Waals surface area contributed by atoms with Gasteiger partial charge in [-0.2, -0.15) is 18.6 Å². The van der Waals surface area contributed by atoms with Gasteiger partial charge in [-0.3, -0.25) is 9.40 Å². The first-order valence-corrected chi connectivity index (χ1v) is 7.41. The normalized spacial score (nSPS) is 11.5. The molecule has 22 heavy (non-hydrogen) atoms. The van der Waals surface area contributed by atoms with Gasteiger partial charge in [0.1, 0.15) is 11.0 Å². The van der Waals surface area contributed by atoms with E-state index in [-0.39, 0.29) is 33.9 Å². The van der Waals surface area contributed by atoms with E-state index in [1.54, 1.807) is 10.9 Å². The number of hydrogen-bond donors (Lipinski definition) is 1. The maximum Gasteiger partial charge on any atom is 0.150 e. The zero-order valence-corrected chi connectivity index (χ0v) is 15.4. The van der Waals surface area contributed by atoms with Gasteiger partial charge in [-0.25, -0.2) is 4.21 Å². The third-order valence-electron chi connectivity index (χ3n) is 3.22. The Hall–Kier alpha value is -1.14. The molecule has 0 spiro atoms. The van der Waals surface area contributed by atoms with Gasteiger partial charge < -0.3 is 10.2 Å². The van der Waals surface area contributed by atoms with Crippen LogP contribution in [0.25, 0.3) is 10.9 Å². The molecule has 0 radical (unpaired) electrons. The van der Waals surface area contributed by atoms with E-state index in [9.17, 15) is 4.21 Å². The van der Waals surface area contributed by atoms with E-state index < -0.39 is 11.0 Å². The van der Waals surface area contributed by atoms with Crippen LogP contribution in [0.2, 0.25) is 0 Å². The smallest absolute Gasteiger partial charge is 0.150 e. The molecule has 1 atom stereocenters. The largest absolute Gasteiger partial charge is 0.581 e. The molecule has 0 aliphatic heterocycles. The quantitative estimate of drug-likeness (QED) is 0.642. The minimum absolute atomic E-state index is 0. The van der Waals surface area contributed by atoms with Crippen LogP contribution in [0, 0.1) is 0 Å². The first-order valence-electron chi connectivity index (χ1n) is 6.26. The predicted molar refractivity (Wildman–Crippen MR) is 88.1 cm³/mol. The van der Waals surface area contributed by atoms with Gasteiger partial charge in [-0.1, -0.05) is 19.1 Å². The number of benzene rings is 1. The monoisotopic (exact) mass is 428 g/mol. The van der Waals surface area contributed by atoms with Gasteiger partial charge in [0.2, 0.25) is 0 Å². The number of rotatable bonds is 4. The molecule has 6 nitrogen and oxygen atoms in total. The Morgan fingerprint density at radius 3 is 2.77 bits per heavy atom. The molecule has 1 N–H and O–H groups in total. The molecule has 9 heteroatoms. The second-order valence-corrected chi connectivity index (χ2v) is 5.63. The summed E-state index contributed by atoms with van der Waals surface area (Å²) in [4.78, 5) is 0.561. The van der Waals surface area contributed by atoms with Crippen LogP contribution in [0.1, 0.15) is 12.5 Å². The molecule has 122 valence electrons. The molecule has 0 saturated carbocycles. The van der Waals surface area contributed by atoms with E-state index in [1.165, 1.54) is 12.4 Å². The van der Waals surface area contributed by atoms with Crippen LogP contribution in [0.3, 0.4) is 0 Å². The van der Waals surface area contributed by atoms with Gasteiger partial charge in [-0.15, -0.1) is 6.20 Å². The van der Waals surface area contributed by atoms with Gasteiger partial charge in [0, 0.05) is 39.1 Å². The molecule has 2 aromatic heterocycles. The summed E-state index contributed by atoms with van der Waals surface area (Å²) < 4.78 is 17.2. The summed E-state index contributed by atoms with van der Waals surface area (Å²) in [6.45, 7) is 2.07. The van der Waals surface area contributed by atoms with Crippen molar-refractivity contribution in [3.05, 3.63) is 36.3 Å². The van der Waals surface area contributed by atoms with Crippen LogP contribution in [-0.2, 0) is 44.9 Å². The summed E-state index contributed by atoms with van der Waals surface area (Å²) >= 11 is 0. The maximum atomic E-state index is 12.3. The molecule has 0 fully saturated rings. The second-order valence-electron chi connectivity index (χ2n) is 4.42. The third-order valence-corrected chi connectivity index (χ3v) is 4.24. The minimum atomic E-state index is -1.38. The minimum Gasteiger partial charge on any atom is -0.581 e. The standard InChI is InChI=1S/C13H14N5OS.Pd.H2S/c1-3-9-4-5-10-6-16-18(2)13(10)12(9)17-20(19)11-7-14-15-8-11;;/h4-8,17H,3H2,1-2H3;;1H2/q-1;;. The zero-order chi connectivity index (χ0) is 14.1. The van der Waals surface area contributed by atoms with Crippen molar-refractivity contribution >= 4 is 41.1 Å². The molecular formula is C13H16N5OPdS2-. The fourth-order valence-electron chi connectivity index (χ4n) is 2.18. The fourth-order valence-corrected chi connectivity index (χ4v) is 2.99. The average molecular weight is 429 g/mol. The van der Waals surface area contributed by atoms with Crippen LogP contribution >= 0.6 is 13.5 Å². The van der Waals surface area contributed by atoms with Crippen molar-refractivity contribution in [1.82, 2.24) is 20.0 Å². The molecule has 2 heterocycles. The Balaban J connectivity index is 0.00000121. The number of aryl methyl sites for hydroxylation is 2. The average Bonchev–Trinajstić information content (AvgIpc) is 3.09. The van der Waals surface area contributed by atoms with Gasteiger partial charge >= 0.3 is 0 Å². The Morgan fingerprint density at radius 2 is 2.14 bits per heavy atom. The molecule has 0 bridgehead atoms. The molecule has 0 saturated heterocycles. The van der Waals surface area contributed by atoms with Crippen LogP contribution < -0.4 is 9.82 Å². The molecule has 0 aliphatic rings. The topological polar surface area (TPSA) is 73.9 Å². The Labute approximate surface area is 151 Å². The third kappa shape index (κ3) is 3.43. The number of nitrogens with zero attached hydrogens (tertiary/aromatic N) is 4. The van der Waals surface area contributed by atoms with Crippen molar-refractivity contribution in [2.24, 2.45) is 7.05 Å². The predicted octanol–water partition coefficient (Wildman–Crippen LogP) is 1.73. The summed E-state index contributed by atoms with van der Waals surface area (Å²) in [5, 5.41) is 12.7. The second kappa shape index (κ2) is 7.92. The van der Waals surface area contributed by atoms with Crippen LogP contribution in [-0.4, -0.2) is 19.1 Å². The molecule has 3 aromatic rings. The van der Waals surface area contributed by atoms with Gasteiger partial charge in [-0.05, 0) is 12.0 Å². The summed E-state index contributed by atoms with van der Waals surface area (Å²) in [5.74, 6) is 0. The van der Waals surface area contributed by atoms with Crippen LogP contribution in [0.5, 0.6) is 0 Å². The van der Waals surface area contributed by atoms with Crippen LogP contribution in [0.4, 0.5) is 5.69 Å². The number of nitrogens with one attached hydrogen (secondary N) is 1.